The third-order valence-corrected chi connectivity index (χ3v) is 3.75. The topological polar surface area (TPSA) is 66.1 Å². The molecule has 0 spiro atoms. The van der Waals surface area contributed by atoms with Crippen molar-refractivity contribution in [1.29, 1.82) is 0 Å². The number of piperazine rings is 1. The van der Waals surface area contributed by atoms with E-state index in [-0.39, 0.29) is 0 Å². The molecule has 6 heteroatoms. The first kappa shape index (κ1) is 11.9. The maximum atomic E-state index is 5.38. The van der Waals surface area contributed by atoms with Gasteiger partial charge < -0.3 is 15.0 Å². The van der Waals surface area contributed by atoms with E-state index in [0.29, 0.717) is 12.0 Å². The van der Waals surface area contributed by atoms with E-state index in [1.54, 1.807) is 0 Å². The maximum Gasteiger partial charge on any atom is 0.244 e. The summed E-state index contributed by atoms with van der Waals surface area (Å²) in [5.74, 6) is 2.37. The first-order chi connectivity index (χ1) is 8.83. The SMILES string of the molecule is C[C@H]1CN(c2n[nH]c(C3CCOCC3)n2)CCN1. The highest BCUT2D eigenvalue weighted by Gasteiger charge is 2.23. The highest BCUT2D eigenvalue weighted by atomic mass is 16.5. The van der Waals surface area contributed by atoms with Gasteiger partial charge >= 0.3 is 0 Å². The zero-order valence-electron chi connectivity index (χ0n) is 10.9. The summed E-state index contributed by atoms with van der Waals surface area (Å²) < 4.78 is 5.38. The van der Waals surface area contributed by atoms with E-state index < -0.39 is 0 Å². The Morgan fingerprint density at radius 1 is 1.33 bits per heavy atom. The van der Waals surface area contributed by atoms with E-state index in [2.05, 4.69) is 32.3 Å². The van der Waals surface area contributed by atoms with Gasteiger partial charge in [0.05, 0.1) is 0 Å². The van der Waals surface area contributed by atoms with E-state index in [9.17, 15) is 0 Å². The van der Waals surface area contributed by atoms with Crippen LogP contribution in [0.15, 0.2) is 0 Å². The van der Waals surface area contributed by atoms with Crippen LogP contribution in [-0.4, -0.2) is 54.1 Å². The van der Waals surface area contributed by atoms with E-state index in [0.717, 1.165) is 57.5 Å². The molecule has 100 valence electrons. The van der Waals surface area contributed by atoms with Crippen molar-refractivity contribution in [3.05, 3.63) is 5.82 Å². The van der Waals surface area contributed by atoms with Crippen molar-refractivity contribution in [3.63, 3.8) is 0 Å². The summed E-state index contributed by atoms with van der Waals surface area (Å²) in [7, 11) is 0. The Balaban J connectivity index is 1.68. The van der Waals surface area contributed by atoms with Crippen LogP contribution in [0.25, 0.3) is 0 Å². The van der Waals surface area contributed by atoms with Crippen LogP contribution in [0.4, 0.5) is 5.95 Å². The van der Waals surface area contributed by atoms with Gasteiger partial charge in [-0.2, -0.15) is 4.98 Å². The second-order valence-electron chi connectivity index (χ2n) is 5.21. The molecule has 1 aromatic heterocycles. The number of hydrogen-bond acceptors (Lipinski definition) is 5. The van der Waals surface area contributed by atoms with E-state index in [1.165, 1.54) is 0 Å². The van der Waals surface area contributed by atoms with Gasteiger partial charge in [0.25, 0.3) is 0 Å². The Morgan fingerprint density at radius 2 is 2.17 bits per heavy atom. The summed E-state index contributed by atoms with van der Waals surface area (Å²) >= 11 is 0. The lowest BCUT2D eigenvalue weighted by atomic mass is 10.00. The number of nitrogens with zero attached hydrogens (tertiary/aromatic N) is 3. The van der Waals surface area contributed by atoms with Gasteiger partial charge in [-0.25, -0.2) is 0 Å². The number of aromatic amines is 1. The molecule has 1 atom stereocenters. The number of nitrogens with one attached hydrogen (secondary N) is 2. The van der Waals surface area contributed by atoms with Crippen molar-refractivity contribution < 1.29 is 4.74 Å². The van der Waals surface area contributed by atoms with Crippen LogP contribution in [0, 0.1) is 0 Å². The Hall–Kier alpha value is -1.14. The third kappa shape index (κ3) is 2.49. The monoisotopic (exact) mass is 251 g/mol. The molecular formula is C12H21N5O. The average Bonchev–Trinajstić information content (AvgIpc) is 2.89. The average molecular weight is 251 g/mol. The highest BCUT2D eigenvalue weighted by molar-refractivity contribution is 5.30. The van der Waals surface area contributed by atoms with Crippen LogP contribution < -0.4 is 10.2 Å². The van der Waals surface area contributed by atoms with Crippen molar-refractivity contribution in [2.75, 3.05) is 37.7 Å². The van der Waals surface area contributed by atoms with Crippen molar-refractivity contribution in [1.82, 2.24) is 20.5 Å². The number of ether oxygens (including phenoxy) is 1. The second-order valence-corrected chi connectivity index (χ2v) is 5.21. The van der Waals surface area contributed by atoms with Gasteiger partial charge in [-0.15, -0.1) is 5.10 Å². The lowest BCUT2D eigenvalue weighted by molar-refractivity contribution is 0.0836. The highest BCUT2D eigenvalue weighted by Crippen LogP contribution is 2.25. The standard InChI is InChI=1S/C12H21N5O/c1-9-8-17(5-4-13-9)12-14-11(15-16-12)10-2-6-18-7-3-10/h9-10,13H,2-8H2,1H3,(H,14,15,16)/t9-/m0/s1. The minimum absolute atomic E-state index is 0.486. The Labute approximate surface area is 107 Å². The Morgan fingerprint density at radius 3 is 2.94 bits per heavy atom. The molecule has 0 aliphatic carbocycles. The van der Waals surface area contributed by atoms with Gasteiger partial charge in [-0.3, -0.25) is 5.10 Å². The van der Waals surface area contributed by atoms with Crippen LogP contribution in [0.3, 0.4) is 0 Å². The second kappa shape index (κ2) is 5.24. The lowest BCUT2D eigenvalue weighted by Crippen LogP contribution is -2.49. The molecule has 3 rings (SSSR count). The van der Waals surface area contributed by atoms with Crippen molar-refractivity contribution in [2.45, 2.75) is 31.7 Å². The summed E-state index contributed by atoms with van der Waals surface area (Å²) in [5, 5.41) is 10.9. The zero-order chi connectivity index (χ0) is 12.4. The van der Waals surface area contributed by atoms with Gasteiger partial charge in [0.1, 0.15) is 5.82 Å². The maximum absolute atomic E-state index is 5.38. The first-order valence-corrected chi connectivity index (χ1v) is 6.81. The fourth-order valence-electron chi connectivity index (χ4n) is 2.67. The minimum atomic E-state index is 0.486. The summed E-state index contributed by atoms with van der Waals surface area (Å²) in [6.07, 6.45) is 2.10. The van der Waals surface area contributed by atoms with E-state index in [1.807, 2.05) is 0 Å². The Bertz CT molecular complexity index is 388. The molecule has 18 heavy (non-hydrogen) atoms. The number of anilines is 1. The summed E-state index contributed by atoms with van der Waals surface area (Å²) in [6.45, 7) is 6.83. The fourth-order valence-corrected chi connectivity index (χ4v) is 2.67. The molecule has 1 aromatic rings. The first-order valence-electron chi connectivity index (χ1n) is 6.81. The lowest BCUT2D eigenvalue weighted by Gasteiger charge is -2.30. The molecule has 2 N–H and O–H groups in total. The molecule has 6 nitrogen and oxygen atoms in total. The minimum Gasteiger partial charge on any atom is -0.381 e. The molecule has 0 saturated carbocycles. The predicted molar refractivity (Wildman–Crippen MR) is 68.9 cm³/mol. The van der Waals surface area contributed by atoms with Gasteiger partial charge in [0.2, 0.25) is 5.95 Å². The smallest absolute Gasteiger partial charge is 0.244 e. The molecule has 2 aliphatic rings. The van der Waals surface area contributed by atoms with Gasteiger partial charge in [0, 0.05) is 44.8 Å². The molecular weight excluding hydrogens is 230 g/mol. The summed E-state index contributed by atoms with van der Waals surface area (Å²) in [4.78, 5) is 6.92. The normalized spacial score (nSPS) is 26.5. The van der Waals surface area contributed by atoms with Crippen LogP contribution in [0.1, 0.15) is 31.5 Å². The fraction of sp³-hybridized carbons (Fsp3) is 0.833. The summed E-state index contributed by atoms with van der Waals surface area (Å²) in [6, 6.07) is 0.504. The third-order valence-electron chi connectivity index (χ3n) is 3.75. The number of H-pyrrole nitrogens is 1. The van der Waals surface area contributed by atoms with Crippen LogP contribution in [0.5, 0.6) is 0 Å². The molecule has 0 bridgehead atoms. The number of hydrogen-bond donors (Lipinski definition) is 2. The molecule has 0 unspecified atom stereocenters. The molecule has 2 aliphatic heterocycles. The molecule has 3 heterocycles. The van der Waals surface area contributed by atoms with Crippen LogP contribution in [-0.2, 0) is 4.74 Å². The number of rotatable bonds is 2. The van der Waals surface area contributed by atoms with E-state index >= 15 is 0 Å². The van der Waals surface area contributed by atoms with Crippen molar-refractivity contribution >= 4 is 5.95 Å². The zero-order valence-corrected chi connectivity index (χ0v) is 10.9. The quantitative estimate of drug-likeness (QED) is 0.801. The van der Waals surface area contributed by atoms with Gasteiger partial charge in [-0.05, 0) is 19.8 Å². The predicted octanol–water partition coefficient (Wildman–Crippen LogP) is 0.497. The molecule has 2 fully saturated rings. The summed E-state index contributed by atoms with van der Waals surface area (Å²) in [5.41, 5.74) is 0. The molecule has 2 saturated heterocycles. The van der Waals surface area contributed by atoms with Crippen LogP contribution in [0.2, 0.25) is 0 Å². The van der Waals surface area contributed by atoms with Crippen molar-refractivity contribution in [3.8, 4) is 0 Å². The Kier molecular flexibility index (Phi) is 3.47. The molecule has 0 radical (unpaired) electrons. The van der Waals surface area contributed by atoms with Crippen molar-refractivity contribution in [2.24, 2.45) is 0 Å². The van der Waals surface area contributed by atoms with Gasteiger partial charge in [0.15, 0.2) is 0 Å². The van der Waals surface area contributed by atoms with E-state index in [4.69, 9.17) is 4.74 Å². The molecule has 0 aromatic carbocycles. The van der Waals surface area contributed by atoms with Gasteiger partial charge in [-0.1, -0.05) is 0 Å². The number of aromatic nitrogens is 3. The largest absolute Gasteiger partial charge is 0.381 e. The van der Waals surface area contributed by atoms with Crippen LogP contribution >= 0.6 is 0 Å². The molecule has 0 amide bonds.